The van der Waals surface area contributed by atoms with Crippen molar-refractivity contribution in [1.82, 2.24) is 10.0 Å². The first kappa shape index (κ1) is 15.9. The molecule has 108 valence electrons. The van der Waals surface area contributed by atoms with Gasteiger partial charge in [0.15, 0.2) is 0 Å². The highest BCUT2D eigenvalue weighted by molar-refractivity contribution is 7.89. The minimum atomic E-state index is -3.44. The number of hydrogen-bond donors (Lipinski definition) is 2. The fraction of sp³-hybridized carbons (Fsp3) is 0.538. The van der Waals surface area contributed by atoms with Crippen LogP contribution in [0.1, 0.15) is 13.8 Å². The number of ether oxygens (including phenoxy) is 1. The zero-order valence-electron chi connectivity index (χ0n) is 11.6. The van der Waals surface area contributed by atoms with E-state index in [0.717, 1.165) is 6.54 Å². The second kappa shape index (κ2) is 7.47. The van der Waals surface area contributed by atoms with E-state index in [1.807, 2.05) is 20.9 Å². The van der Waals surface area contributed by atoms with E-state index >= 15 is 0 Å². The highest BCUT2D eigenvalue weighted by atomic mass is 32.2. The van der Waals surface area contributed by atoms with Gasteiger partial charge in [-0.15, -0.1) is 0 Å². The van der Waals surface area contributed by atoms with Gasteiger partial charge in [-0.05, 0) is 50.7 Å². The monoisotopic (exact) mass is 286 g/mol. The molecular weight excluding hydrogens is 264 g/mol. The van der Waals surface area contributed by atoms with Crippen LogP contribution in [0.4, 0.5) is 0 Å². The summed E-state index contributed by atoms with van der Waals surface area (Å²) in [6.45, 7) is 5.61. The molecule has 5 nitrogen and oxygen atoms in total. The van der Waals surface area contributed by atoms with Gasteiger partial charge in [-0.25, -0.2) is 13.1 Å². The van der Waals surface area contributed by atoms with Crippen molar-refractivity contribution in [2.45, 2.75) is 18.7 Å². The van der Waals surface area contributed by atoms with Crippen LogP contribution < -0.4 is 14.8 Å². The lowest BCUT2D eigenvalue weighted by molar-refractivity contribution is 0.340. The molecule has 0 aliphatic carbocycles. The van der Waals surface area contributed by atoms with Gasteiger partial charge in [-0.3, -0.25) is 0 Å². The molecule has 6 heteroatoms. The third-order valence-electron chi connectivity index (χ3n) is 2.62. The maximum atomic E-state index is 12.0. The minimum Gasteiger partial charge on any atom is -0.494 e. The number of nitrogens with one attached hydrogen (secondary N) is 2. The first-order valence-electron chi connectivity index (χ1n) is 6.36. The summed E-state index contributed by atoms with van der Waals surface area (Å²) < 4.78 is 32.0. The molecule has 0 aromatic heterocycles. The maximum absolute atomic E-state index is 12.0. The summed E-state index contributed by atoms with van der Waals surface area (Å²) in [5, 5.41) is 3.01. The Morgan fingerprint density at radius 3 is 2.37 bits per heavy atom. The summed E-state index contributed by atoms with van der Waals surface area (Å²) >= 11 is 0. The van der Waals surface area contributed by atoms with Gasteiger partial charge in [0.2, 0.25) is 10.0 Å². The molecule has 0 saturated carbocycles. The lowest BCUT2D eigenvalue weighted by Gasteiger charge is -2.12. The molecule has 0 spiro atoms. The molecule has 1 unspecified atom stereocenters. The van der Waals surface area contributed by atoms with Crippen LogP contribution >= 0.6 is 0 Å². The Labute approximate surface area is 115 Å². The van der Waals surface area contributed by atoms with Crippen LogP contribution in [0.3, 0.4) is 0 Å². The van der Waals surface area contributed by atoms with E-state index in [2.05, 4.69) is 10.0 Å². The summed E-state index contributed by atoms with van der Waals surface area (Å²) in [7, 11) is -1.59. The molecule has 0 aliphatic rings. The lowest BCUT2D eigenvalue weighted by Crippen LogP contribution is -2.32. The Balaban J connectivity index is 2.66. The van der Waals surface area contributed by atoms with Crippen LogP contribution in [0.15, 0.2) is 29.2 Å². The maximum Gasteiger partial charge on any atom is 0.240 e. The lowest BCUT2D eigenvalue weighted by atomic mass is 10.2. The van der Waals surface area contributed by atoms with Gasteiger partial charge in [-0.2, -0.15) is 0 Å². The van der Waals surface area contributed by atoms with E-state index in [1.54, 1.807) is 24.3 Å². The molecule has 0 radical (unpaired) electrons. The number of hydrogen-bond acceptors (Lipinski definition) is 4. The normalized spacial score (nSPS) is 13.2. The first-order valence-corrected chi connectivity index (χ1v) is 7.85. The van der Waals surface area contributed by atoms with Gasteiger partial charge < -0.3 is 10.1 Å². The van der Waals surface area contributed by atoms with E-state index in [9.17, 15) is 8.42 Å². The fourth-order valence-corrected chi connectivity index (χ4v) is 2.80. The second-order valence-corrected chi connectivity index (χ2v) is 6.19. The van der Waals surface area contributed by atoms with Crippen molar-refractivity contribution in [1.29, 1.82) is 0 Å². The molecule has 0 bridgehead atoms. The zero-order valence-corrected chi connectivity index (χ0v) is 12.5. The number of sulfonamides is 1. The summed E-state index contributed by atoms with van der Waals surface area (Å²) in [6, 6.07) is 6.43. The van der Waals surface area contributed by atoms with E-state index in [4.69, 9.17) is 4.74 Å². The highest BCUT2D eigenvalue weighted by Gasteiger charge is 2.14. The van der Waals surface area contributed by atoms with E-state index in [0.29, 0.717) is 18.9 Å². The van der Waals surface area contributed by atoms with E-state index in [-0.39, 0.29) is 10.8 Å². The zero-order chi connectivity index (χ0) is 14.3. The van der Waals surface area contributed by atoms with Crippen molar-refractivity contribution in [3.63, 3.8) is 0 Å². The largest absolute Gasteiger partial charge is 0.494 e. The molecule has 0 amide bonds. The van der Waals surface area contributed by atoms with Crippen LogP contribution in [0.2, 0.25) is 0 Å². The first-order chi connectivity index (χ1) is 8.99. The van der Waals surface area contributed by atoms with Gasteiger partial charge in [-0.1, -0.05) is 6.92 Å². The van der Waals surface area contributed by atoms with Gasteiger partial charge in [0.1, 0.15) is 5.75 Å². The van der Waals surface area contributed by atoms with Crippen molar-refractivity contribution in [2.24, 2.45) is 5.92 Å². The number of rotatable bonds is 8. The number of benzene rings is 1. The average Bonchev–Trinajstić information content (AvgIpc) is 2.38. The Bertz CT molecular complexity index is 471. The van der Waals surface area contributed by atoms with Crippen LogP contribution in [-0.2, 0) is 10.0 Å². The van der Waals surface area contributed by atoms with E-state index in [1.165, 1.54) is 0 Å². The molecule has 1 atom stereocenters. The van der Waals surface area contributed by atoms with Crippen LogP contribution in [0, 0.1) is 5.92 Å². The molecule has 0 aliphatic heterocycles. The van der Waals surface area contributed by atoms with E-state index < -0.39 is 10.0 Å². The smallest absolute Gasteiger partial charge is 0.240 e. The Kier molecular flexibility index (Phi) is 6.27. The Hall–Kier alpha value is -1.11. The Morgan fingerprint density at radius 1 is 1.21 bits per heavy atom. The summed E-state index contributed by atoms with van der Waals surface area (Å²) in [6.07, 6.45) is 0. The third kappa shape index (κ3) is 5.18. The molecule has 19 heavy (non-hydrogen) atoms. The van der Waals surface area contributed by atoms with Gasteiger partial charge in [0.05, 0.1) is 11.5 Å². The predicted octanol–water partition coefficient (Wildman–Crippen LogP) is 1.22. The van der Waals surface area contributed by atoms with Crippen molar-refractivity contribution in [2.75, 3.05) is 26.7 Å². The molecule has 0 fully saturated rings. The van der Waals surface area contributed by atoms with Crippen LogP contribution in [0.5, 0.6) is 5.75 Å². The van der Waals surface area contributed by atoms with Crippen molar-refractivity contribution >= 4 is 10.0 Å². The highest BCUT2D eigenvalue weighted by Crippen LogP contribution is 2.15. The standard InChI is InChI=1S/C13H22N2O3S/c1-4-18-12-5-7-13(8-6-12)19(16,17)15-10-11(2)9-14-3/h5-8,11,14-15H,4,9-10H2,1-3H3. The molecular formula is C13H22N2O3S. The molecule has 1 aromatic carbocycles. The average molecular weight is 286 g/mol. The molecule has 1 aromatic rings. The molecule has 0 heterocycles. The van der Waals surface area contributed by atoms with Gasteiger partial charge in [0.25, 0.3) is 0 Å². The molecule has 0 saturated heterocycles. The molecule has 1 rings (SSSR count). The Morgan fingerprint density at radius 2 is 1.84 bits per heavy atom. The van der Waals surface area contributed by atoms with Crippen molar-refractivity contribution in [3.05, 3.63) is 24.3 Å². The topological polar surface area (TPSA) is 67.4 Å². The van der Waals surface area contributed by atoms with Crippen LogP contribution in [-0.4, -0.2) is 35.2 Å². The third-order valence-corrected chi connectivity index (χ3v) is 4.06. The summed E-state index contributed by atoms with van der Waals surface area (Å²) in [5.74, 6) is 0.910. The van der Waals surface area contributed by atoms with Gasteiger partial charge in [0, 0.05) is 6.54 Å². The fourth-order valence-electron chi connectivity index (χ4n) is 1.64. The minimum absolute atomic E-state index is 0.238. The van der Waals surface area contributed by atoms with Crippen molar-refractivity contribution < 1.29 is 13.2 Å². The summed E-state index contributed by atoms with van der Waals surface area (Å²) in [4.78, 5) is 0.257. The summed E-state index contributed by atoms with van der Waals surface area (Å²) in [5.41, 5.74) is 0. The van der Waals surface area contributed by atoms with Crippen LogP contribution in [0.25, 0.3) is 0 Å². The molecule has 2 N–H and O–H groups in total. The predicted molar refractivity (Wildman–Crippen MR) is 75.9 cm³/mol. The van der Waals surface area contributed by atoms with Gasteiger partial charge >= 0.3 is 0 Å². The quantitative estimate of drug-likeness (QED) is 0.754. The second-order valence-electron chi connectivity index (χ2n) is 4.42. The van der Waals surface area contributed by atoms with Crippen molar-refractivity contribution in [3.8, 4) is 5.75 Å². The SMILES string of the molecule is CCOc1ccc(S(=O)(=O)NCC(C)CNC)cc1.